The van der Waals surface area contributed by atoms with E-state index in [9.17, 15) is 8.42 Å². The quantitative estimate of drug-likeness (QED) is 0.314. The molecule has 0 saturated carbocycles. The van der Waals surface area contributed by atoms with E-state index in [0.717, 1.165) is 30.9 Å². The van der Waals surface area contributed by atoms with Gasteiger partial charge in [0.15, 0.2) is 6.23 Å². The van der Waals surface area contributed by atoms with Crippen molar-refractivity contribution in [3.63, 3.8) is 0 Å². The molecule has 3 heterocycles. The fourth-order valence-electron chi connectivity index (χ4n) is 4.47. The summed E-state index contributed by atoms with van der Waals surface area (Å²) in [7, 11) is -4.25. The van der Waals surface area contributed by atoms with Crippen LogP contribution in [-0.2, 0) is 34.8 Å². The van der Waals surface area contributed by atoms with E-state index >= 15 is 4.39 Å². The molecule has 0 bridgehead atoms. The number of nitrogens with zero attached hydrogens (tertiary/aromatic N) is 2. The van der Waals surface area contributed by atoms with Gasteiger partial charge in [0.2, 0.25) is 0 Å². The summed E-state index contributed by atoms with van der Waals surface area (Å²) in [6, 6.07) is 1.51. The number of hydrogen-bond donors (Lipinski definition) is 0. The van der Waals surface area contributed by atoms with Crippen LogP contribution in [0.3, 0.4) is 0 Å². The molecule has 188 valence electrons. The zero-order valence-electron chi connectivity index (χ0n) is 20.6. The van der Waals surface area contributed by atoms with Gasteiger partial charge in [-0.1, -0.05) is 0 Å². The van der Waals surface area contributed by atoms with Crippen LogP contribution in [-0.4, -0.2) is 56.0 Å². The van der Waals surface area contributed by atoms with E-state index in [1.807, 2.05) is 27.7 Å². The Morgan fingerprint density at radius 2 is 1.91 bits per heavy atom. The Morgan fingerprint density at radius 3 is 2.53 bits per heavy atom. The summed E-state index contributed by atoms with van der Waals surface area (Å²) in [5, 5.41) is 5.34. The molecule has 11 heteroatoms. The van der Waals surface area contributed by atoms with E-state index in [4.69, 9.17) is 18.2 Å². The largest absolute Gasteiger partial charge is 0.495 e. The molecule has 2 aromatic rings. The Bertz CT molecular complexity index is 1130. The summed E-state index contributed by atoms with van der Waals surface area (Å²) in [6.45, 7) is 8.57. The smallest absolute Gasteiger partial charge is 0.399 e. The van der Waals surface area contributed by atoms with Crippen LogP contribution in [0, 0.1) is 5.82 Å². The monoisotopic (exact) mass is 496 g/mol. The van der Waals surface area contributed by atoms with E-state index in [1.165, 1.54) is 6.07 Å². The van der Waals surface area contributed by atoms with Crippen LogP contribution in [0.1, 0.15) is 71.6 Å². The number of hydrogen-bond acceptors (Lipinski definition) is 7. The topological polar surface area (TPSA) is 88.9 Å². The van der Waals surface area contributed by atoms with Gasteiger partial charge in [-0.3, -0.25) is 4.18 Å². The first-order valence-corrected chi connectivity index (χ1v) is 13.7. The lowest BCUT2D eigenvalue weighted by molar-refractivity contribution is -0.0366. The zero-order valence-corrected chi connectivity index (χ0v) is 21.4. The third-order valence-corrected chi connectivity index (χ3v) is 7.63. The first-order valence-electron chi connectivity index (χ1n) is 11.9. The van der Waals surface area contributed by atoms with Crippen LogP contribution in [0.25, 0.3) is 10.9 Å². The number of unbranched alkanes of at least 4 members (excludes halogenated alkanes) is 1. The lowest BCUT2D eigenvalue weighted by Crippen LogP contribution is -2.41. The van der Waals surface area contributed by atoms with Crippen molar-refractivity contribution in [2.24, 2.45) is 0 Å². The van der Waals surface area contributed by atoms with Crippen molar-refractivity contribution in [3.8, 4) is 0 Å². The minimum Gasteiger partial charge on any atom is -0.399 e. The van der Waals surface area contributed by atoms with Gasteiger partial charge in [-0.2, -0.15) is 13.5 Å². The zero-order chi connectivity index (χ0) is 24.7. The van der Waals surface area contributed by atoms with Gasteiger partial charge in [0, 0.05) is 18.1 Å². The molecular weight excluding hydrogens is 462 g/mol. The van der Waals surface area contributed by atoms with Crippen LogP contribution < -0.4 is 5.46 Å². The van der Waals surface area contributed by atoms with Gasteiger partial charge < -0.3 is 14.0 Å². The van der Waals surface area contributed by atoms with E-state index in [0.29, 0.717) is 42.4 Å². The molecule has 0 amide bonds. The van der Waals surface area contributed by atoms with Crippen LogP contribution >= 0.6 is 0 Å². The molecule has 1 aromatic carbocycles. The fraction of sp³-hybridized carbons (Fsp3) is 0.696. The van der Waals surface area contributed by atoms with Gasteiger partial charge in [-0.25, -0.2) is 9.07 Å². The second-order valence-corrected chi connectivity index (χ2v) is 11.8. The highest BCUT2D eigenvalue weighted by molar-refractivity contribution is 7.85. The van der Waals surface area contributed by atoms with E-state index in [-0.39, 0.29) is 18.7 Å². The number of benzene rings is 1. The van der Waals surface area contributed by atoms with Crippen molar-refractivity contribution in [2.45, 2.75) is 83.6 Å². The van der Waals surface area contributed by atoms with E-state index in [1.54, 1.807) is 10.9 Å². The molecule has 0 aliphatic carbocycles. The van der Waals surface area contributed by atoms with Gasteiger partial charge in [-0.15, -0.1) is 0 Å². The lowest BCUT2D eigenvalue weighted by Gasteiger charge is -2.32. The third-order valence-electron chi connectivity index (χ3n) is 7.04. The van der Waals surface area contributed by atoms with Crippen molar-refractivity contribution in [1.29, 1.82) is 0 Å². The second kappa shape index (κ2) is 9.50. The molecule has 2 aliphatic heterocycles. The number of aromatic nitrogens is 2. The first-order chi connectivity index (χ1) is 15.9. The number of fused-ring (bicyclic) bond motifs is 1. The summed E-state index contributed by atoms with van der Waals surface area (Å²) in [5.41, 5.74) is 0.617. The van der Waals surface area contributed by atoms with Crippen molar-refractivity contribution < 1.29 is 31.0 Å². The fourth-order valence-corrected chi connectivity index (χ4v) is 4.89. The van der Waals surface area contributed by atoms with Gasteiger partial charge in [0.25, 0.3) is 10.1 Å². The van der Waals surface area contributed by atoms with Crippen LogP contribution in [0.15, 0.2) is 12.3 Å². The SMILES string of the molecule is CC1(C)OB(c2c(CCCCOS(C)(=O)=O)c(F)cc3c2cnn3C2CCCCO2)OC1(C)C. The average molecular weight is 496 g/mol. The van der Waals surface area contributed by atoms with Gasteiger partial charge in [0.05, 0.1) is 35.8 Å². The molecule has 0 spiro atoms. The highest BCUT2D eigenvalue weighted by Gasteiger charge is 2.53. The maximum absolute atomic E-state index is 15.6. The first kappa shape index (κ1) is 25.6. The van der Waals surface area contributed by atoms with Crippen molar-refractivity contribution in [2.75, 3.05) is 19.5 Å². The molecule has 1 atom stereocenters. The van der Waals surface area contributed by atoms with Gasteiger partial charge in [0.1, 0.15) is 5.82 Å². The van der Waals surface area contributed by atoms with Gasteiger partial charge in [-0.05, 0) is 77.2 Å². The molecule has 4 rings (SSSR count). The van der Waals surface area contributed by atoms with E-state index < -0.39 is 28.4 Å². The maximum atomic E-state index is 15.6. The highest BCUT2D eigenvalue weighted by atomic mass is 32.2. The number of halogens is 1. The molecule has 2 fully saturated rings. The molecule has 1 unspecified atom stereocenters. The van der Waals surface area contributed by atoms with Crippen molar-refractivity contribution in [3.05, 3.63) is 23.6 Å². The van der Waals surface area contributed by atoms with Crippen molar-refractivity contribution >= 4 is 33.6 Å². The molecule has 2 aliphatic rings. The summed E-state index contributed by atoms with van der Waals surface area (Å²) < 4.78 is 63.2. The maximum Gasteiger partial charge on any atom is 0.495 e. The predicted octanol–water partition coefficient (Wildman–Crippen LogP) is 3.47. The average Bonchev–Trinajstić information content (AvgIpc) is 3.24. The molecular formula is C23H34BFN2O6S. The molecule has 0 radical (unpaired) electrons. The summed E-state index contributed by atoms with van der Waals surface area (Å²) >= 11 is 0. The molecule has 2 saturated heterocycles. The Kier molecular flexibility index (Phi) is 7.14. The van der Waals surface area contributed by atoms with Crippen LogP contribution in [0.4, 0.5) is 4.39 Å². The molecule has 0 N–H and O–H groups in total. The molecule has 34 heavy (non-hydrogen) atoms. The lowest BCUT2D eigenvalue weighted by atomic mass is 9.72. The summed E-state index contributed by atoms with van der Waals surface area (Å²) in [6.07, 6.45) is 6.81. The Hall–Kier alpha value is -1.53. The van der Waals surface area contributed by atoms with E-state index in [2.05, 4.69) is 5.10 Å². The number of rotatable bonds is 8. The minimum absolute atomic E-state index is 0.0610. The predicted molar refractivity (Wildman–Crippen MR) is 128 cm³/mol. The van der Waals surface area contributed by atoms with Crippen molar-refractivity contribution in [1.82, 2.24) is 9.78 Å². The van der Waals surface area contributed by atoms with Crippen LogP contribution in [0.2, 0.25) is 0 Å². The normalized spacial score (nSPS) is 22.5. The molecule has 1 aromatic heterocycles. The summed E-state index contributed by atoms with van der Waals surface area (Å²) in [5.74, 6) is -0.362. The van der Waals surface area contributed by atoms with Gasteiger partial charge >= 0.3 is 7.12 Å². The highest BCUT2D eigenvalue weighted by Crippen LogP contribution is 2.38. The third kappa shape index (κ3) is 5.18. The minimum atomic E-state index is -3.50. The molecule has 8 nitrogen and oxygen atoms in total. The summed E-state index contributed by atoms with van der Waals surface area (Å²) in [4.78, 5) is 0. The second-order valence-electron chi connectivity index (χ2n) is 10.2. The Morgan fingerprint density at radius 1 is 1.21 bits per heavy atom. The van der Waals surface area contributed by atoms with Crippen LogP contribution in [0.5, 0.6) is 0 Å². The Balaban J connectivity index is 1.70. The number of ether oxygens (including phenoxy) is 1. The Labute approximate surface area is 201 Å². The standard InChI is InChI=1S/C23H34BFN2O6S/c1-22(2)23(3,4)33-24(32-22)21-16(10-6-9-13-31-34(5,28)29)18(25)14-19-17(21)15-26-27(19)20-11-7-8-12-30-20/h14-15,20H,6-13H2,1-5H3.